The van der Waals surface area contributed by atoms with Crippen molar-refractivity contribution in [3.63, 3.8) is 0 Å². The van der Waals surface area contributed by atoms with Crippen molar-refractivity contribution in [1.29, 1.82) is 0 Å². The smallest absolute Gasteiger partial charge is 0.0733 e. The highest BCUT2D eigenvalue weighted by Gasteiger charge is 2.45. The maximum atomic E-state index is 5.80. The minimum Gasteiger partial charge on any atom is -0.393 e. The Morgan fingerprint density at radius 3 is 2.62 bits per heavy atom. The molecule has 0 aromatic heterocycles. The normalized spacial score (nSPS) is 25.7. The second-order valence-electron chi connectivity index (χ2n) is 6.80. The third-order valence-electron chi connectivity index (χ3n) is 4.92. The number of thiocarbonyl (C=S) groups is 1. The van der Waals surface area contributed by atoms with E-state index in [0.29, 0.717) is 16.4 Å². The molecule has 0 bridgehead atoms. The van der Waals surface area contributed by atoms with Gasteiger partial charge < -0.3 is 10.6 Å². The van der Waals surface area contributed by atoms with Crippen molar-refractivity contribution in [1.82, 2.24) is 9.80 Å². The number of hydrogen-bond donors (Lipinski definition) is 1. The number of hydrogen-bond acceptors (Lipinski definition) is 3. The van der Waals surface area contributed by atoms with Crippen LogP contribution in [0.25, 0.3) is 0 Å². The Kier molecular flexibility index (Phi) is 4.29. The topological polar surface area (TPSA) is 32.5 Å². The Bertz CT molecular complexity index is 498. The van der Waals surface area contributed by atoms with Gasteiger partial charge in [0.2, 0.25) is 0 Å². The quantitative estimate of drug-likeness (QED) is 0.847. The van der Waals surface area contributed by atoms with Gasteiger partial charge >= 0.3 is 0 Å². The number of benzene rings is 1. The van der Waals surface area contributed by atoms with Gasteiger partial charge in [0.05, 0.1) is 4.99 Å². The van der Waals surface area contributed by atoms with Crippen LogP contribution in [0, 0.1) is 5.41 Å². The van der Waals surface area contributed by atoms with Crippen LogP contribution in [0.2, 0.25) is 0 Å². The van der Waals surface area contributed by atoms with Crippen molar-refractivity contribution in [2.75, 3.05) is 33.2 Å². The Morgan fingerprint density at radius 2 is 2.00 bits per heavy atom. The van der Waals surface area contributed by atoms with Gasteiger partial charge in [-0.25, -0.2) is 0 Å². The van der Waals surface area contributed by atoms with Gasteiger partial charge in [-0.05, 0) is 30.9 Å². The van der Waals surface area contributed by atoms with Crippen LogP contribution in [0.1, 0.15) is 30.9 Å². The molecule has 1 aromatic carbocycles. The molecule has 0 radical (unpaired) electrons. The zero-order valence-electron chi connectivity index (χ0n) is 12.8. The molecule has 1 aliphatic carbocycles. The Hall–Kier alpha value is -0.970. The van der Waals surface area contributed by atoms with E-state index in [9.17, 15) is 0 Å². The summed E-state index contributed by atoms with van der Waals surface area (Å²) in [5.41, 5.74) is 7.59. The van der Waals surface area contributed by atoms with Gasteiger partial charge in [-0.3, -0.25) is 4.90 Å². The molecular formula is C17H25N3S. The lowest BCUT2D eigenvalue weighted by molar-refractivity contribution is 0.0716. The molecule has 1 heterocycles. The number of nitrogens with zero attached hydrogens (tertiary/aromatic N) is 2. The molecule has 2 aliphatic rings. The molecule has 2 fully saturated rings. The molecule has 21 heavy (non-hydrogen) atoms. The fraction of sp³-hybridized carbons (Fsp3) is 0.588. The van der Waals surface area contributed by atoms with Gasteiger partial charge in [-0.15, -0.1) is 0 Å². The zero-order chi connectivity index (χ0) is 14.9. The van der Waals surface area contributed by atoms with E-state index in [-0.39, 0.29) is 0 Å². The summed E-state index contributed by atoms with van der Waals surface area (Å²) in [7, 11) is 2.22. The summed E-state index contributed by atoms with van der Waals surface area (Å²) in [6, 6.07) is 11.4. The number of nitrogens with two attached hydrogens (primary N) is 1. The third kappa shape index (κ3) is 3.62. The fourth-order valence-corrected chi connectivity index (χ4v) is 3.81. The molecule has 0 amide bonds. The average Bonchev–Trinajstić information content (AvgIpc) is 3.20. The van der Waals surface area contributed by atoms with E-state index in [1.165, 1.54) is 18.4 Å². The molecule has 1 atom stereocenters. The van der Waals surface area contributed by atoms with Crippen molar-refractivity contribution < 1.29 is 0 Å². The van der Waals surface area contributed by atoms with Crippen LogP contribution in [0.4, 0.5) is 0 Å². The second-order valence-corrected chi connectivity index (χ2v) is 7.33. The van der Waals surface area contributed by atoms with E-state index >= 15 is 0 Å². The largest absolute Gasteiger partial charge is 0.393 e. The highest BCUT2D eigenvalue weighted by molar-refractivity contribution is 7.80. The average molecular weight is 303 g/mol. The van der Waals surface area contributed by atoms with Gasteiger partial charge in [-0.2, -0.15) is 0 Å². The molecule has 3 nitrogen and oxygen atoms in total. The van der Waals surface area contributed by atoms with Crippen LogP contribution in [0.5, 0.6) is 0 Å². The van der Waals surface area contributed by atoms with Crippen LogP contribution in [0.15, 0.2) is 30.3 Å². The van der Waals surface area contributed by atoms with Crippen molar-refractivity contribution >= 4 is 17.2 Å². The van der Waals surface area contributed by atoms with Gasteiger partial charge in [-0.1, -0.05) is 42.5 Å². The van der Waals surface area contributed by atoms with Gasteiger partial charge in [0.25, 0.3) is 0 Å². The molecule has 2 N–H and O–H groups in total. The first-order valence-electron chi connectivity index (χ1n) is 7.84. The molecule has 1 aliphatic heterocycles. The van der Waals surface area contributed by atoms with E-state index in [0.717, 1.165) is 32.6 Å². The number of likely N-dealkylation sites (N-methyl/N-ethyl adjacent to an activating group) is 1. The van der Waals surface area contributed by atoms with E-state index in [4.69, 9.17) is 18.0 Å². The van der Waals surface area contributed by atoms with Crippen LogP contribution in [-0.2, 0) is 0 Å². The van der Waals surface area contributed by atoms with Gasteiger partial charge in [0.1, 0.15) is 0 Å². The molecule has 4 heteroatoms. The summed E-state index contributed by atoms with van der Waals surface area (Å²) in [4.78, 5) is 5.76. The molecule has 1 saturated carbocycles. The molecule has 1 aromatic rings. The van der Waals surface area contributed by atoms with E-state index in [2.05, 4.69) is 47.2 Å². The SMILES string of the molecule is CN1CCN(CC2(CC(N)=S)CC2)C(c2ccccc2)C1. The van der Waals surface area contributed by atoms with Gasteiger partial charge in [0.15, 0.2) is 0 Å². The lowest BCUT2D eigenvalue weighted by Crippen LogP contribution is -2.48. The molecule has 3 rings (SSSR count). The molecule has 0 spiro atoms. The highest BCUT2D eigenvalue weighted by atomic mass is 32.1. The maximum absolute atomic E-state index is 5.80. The molecular weight excluding hydrogens is 278 g/mol. The first-order valence-corrected chi connectivity index (χ1v) is 8.25. The van der Waals surface area contributed by atoms with Gasteiger partial charge in [0, 0.05) is 38.6 Å². The van der Waals surface area contributed by atoms with E-state index in [1.807, 2.05) is 0 Å². The Morgan fingerprint density at radius 1 is 1.29 bits per heavy atom. The highest BCUT2D eigenvalue weighted by Crippen LogP contribution is 2.50. The maximum Gasteiger partial charge on any atom is 0.0733 e. The Balaban J connectivity index is 1.74. The summed E-state index contributed by atoms with van der Waals surface area (Å²) in [5, 5.41) is 0. The Labute approximate surface area is 133 Å². The first kappa shape index (κ1) is 14.9. The summed E-state index contributed by atoms with van der Waals surface area (Å²) < 4.78 is 0. The molecule has 1 unspecified atom stereocenters. The predicted molar refractivity (Wildman–Crippen MR) is 91.3 cm³/mol. The number of rotatable bonds is 5. The second kappa shape index (κ2) is 6.03. The molecule has 114 valence electrons. The van der Waals surface area contributed by atoms with Crippen LogP contribution in [-0.4, -0.2) is 48.0 Å². The van der Waals surface area contributed by atoms with E-state index in [1.54, 1.807) is 0 Å². The van der Waals surface area contributed by atoms with Crippen LogP contribution >= 0.6 is 12.2 Å². The summed E-state index contributed by atoms with van der Waals surface area (Å²) >= 11 is 5.14. The first-order chi connectivity index (χ1) is 10.1. The van der Waals surface area contributed by atoms with Crippen LogP contribution < -0.4 is 5.73 Å². The summed E-state index contributed by atoms with van der Waals surface area (Å²) in [5.74, 6) is 0. The van der Waals surface area contributed by atoms with Crippen LogP contribution in [0.3, 0.4) is 0 Å². The monoisotopic (exact) mass is 303 g/mol. The summed E-state index contributed by atoms with van der Waals surface area (Å²) in [6.45, 7) is 4.52. The lowest BCUT2D eigenvalue weighted by Gasteiger charge is -2.42. The predicted octanol–water partition coefficient (Wildman–Crippen LogP) is 2.43. The standard InChI is InChI=1S/C17H25N3S/c1-19-9-10-20(13-17(7-8-17)11-16(18)21)15(12-19)14-5-3-2-4-6-14/h2-6,15H,7-13H2,1H3,(H2,18,21). The fourth-order valence-electron chi connectivity index (χ4n) is 3.51. The van der Waals surface area contributed by atoms with E-state index < -0.39 is 0 Å². The summed E-state index contributed by atoms with van der Waals surface area (Å²) in [6.07, 6.45) is 3.46. The van der Waals surface area contributed by atoms with Crippen molar-refractivity contribution in [2.24, 2.45) is 11.1 Å². The zero-order valence-corrected chi connectivity index (χ0v) is 13.6. The number of piperazine rings is 1. The van der Waals surface area contributed by atoms with Crippen molar-refractivity contribution in [2.45, 2.75) is 25.3 Å². The molecule has 1 saturated heterocycles. The minimum absolute atomic E-state index is 0.370. The van der Waals surface area contributed by atoms with Crippen molar-refractivity contribution in [3.05, 3.63) is 35.9 Å². The third-order valence-corrected chi connectivity index (χ3v) is 5.07. The lowest BCUT2D eigenvalue weighted by atomic mass is 9.97. The van der Waals surface area contributed by atoms with Crippen molar-refractivity contribution in [3.8, 4) is 0 Å². The minimum atomic E-state index is 0.370.